The molecule has 0 aromatic heterocycles. The van der Waals surface area contributed by atoms with Gasteiger partial charge in [0, 0.05) is 5.41 Å². The van der Waals surface area contributed by atoms with Crippen molar-refractivity contribution in [3.63, 3.8) is 0 Å². The third kappa shape index (κ3) is 4.98. The predicted octanol–water partition coefficient (Wildman–Crippen LogP) is 1.95. The quantitative estimate of drug-likeness (QED) is 0.488. The monoisotopic (exact) mass is 182 g/mol. The van der Waals surface area contributed by atoms with Crippen molar-refractivity contribution in [2.24, 2.45) is 16.1 Å². The summed E-state index contributed by atoms with van der Waals surface area (Å²) in [4.78, 5) is 3.24. The molecule has 0 spiro atoms. The molecule has 0 aliphatic carbocycles. The number of alkyl halides is 3. The average Bonchev–Trinajstić information content (AvgIpc) is 1.78. The zero-order valence-electron chi connectivity index (χ0n) is 7.37. The van der Waals surface area contributed by atoms with Crippen molar-refractivity contribution in [1.29, 1.82) is 0 Å². The number of nitrogens with zero attached hydrogens (tertiary/aromatic N) is 1. The normalized spacial score (nSPS) is 15.0. The highest BCUT2D eigenvalue weighted by molar-refractivity contribution is 5.85. The summed E-state index contributed by atoms with van der Waals surface area (Å²) < 4.78 is 34.9. The predicted molar refractivity (Wildman–Crippen MR) is 42.0 cm³/mol. The van der Waals surface area contributed by atoms with Crippen molar-refractivity contribution in [2.75, 3.05) is 6.54 Å². The molecule has 0 fully saturated rings. The fourth-order valence-electron chi connectivity index (χ4n) is 0.412. The minimum Gasteiger partial charge on any atom is -0.387 e. The van der Waals surface area contributed by atoms with Crippen LogP contribution in [-0.4, -0.2) is 18.6 Å². The van der Waals surface area contributed by atoms with Crippen LogP contribution in [0, 0.1) is 5.41 Å². The summed E-state index contributed by atoms with van der Waals surface area (Å²) in [6.07, 6.45) is -4.27. The van der Waals surface area contributed by atoms with Crippen molar-refractivity contribution in [2.45, 2.75) is 26.9 Å². The van der Waals surface area contributed by atoms with Gasteiger partial charge in [0.1, 0.15) is 6.54 Å². The minimum absolute atomic E-state index is 0.0276. The molecule has 0 amide bonds. The van der Waals surface area contributed by atoms with Gasteiger partial charge in [-0.15, -0.1) is 0 Å². The Morgan fingerprint density at radius 2 is 1.67 bits per heavy atom. The summed E-state index contributed by atoms with van der Waals surface area (Å²) in [5.41, 5.74) is 4.81. The number of rotatable bonds is 1. The molecule has 72 valence electrons. The molecule has 0 radical (unpaired) electrons. The van der Waals surface area contributed by atoms with Crippen molar-refractivity contribution in [3.8, 4) is 0 Å². The van der Waals surface area contributed by atoms with Gasteiger partial charge in [-0.2, -0.15) is 13.2 Å². The van der Waals surface area contributed by atoms with Crippen molar-refractivity contribution >= 4 is 5.84 Å². The number of amidine groups is 1. The van der Waals surface area contributed by atoms with Crippen LogP contribution >= 0.6 is 0 Å². The molecule has 0 aliphatic heterocycles. The topological polar surface area (TPSA) is 38.4 Å². The molecular formula is C7H13F3N2. The van der Waals surface area contributed by atoms with E-state index < -0.39 is 18.1 Å². The molecule has 2 nitrogen and oxygen atoms in total. The molecule has 0 saturated heterocycles. The molecule has 0 atom stereocenters. The van der Waals surface area contributed by atoms with Gasteiger partial charge in [-0.1, -0.05) is 20.8 Å². The van der Waals surface area contributed by atoms with Crippen molar-refractivity contribution in [3.05, 3.63) is 0 Å². The summed E-state index contributed by atoms with van der Waals surface area (Å²) in [7, 11) is 0. The largest absolute Gasteiger partial charge is 0.408 e. The Kier molecular flexibility index (Phi) is 3.12. The number of hydrogen-bond donors (Lipinski definition) is 1. The van der Waals surface area contributed by atoms with Crippen LogP contribution in [0.5, 0.6) is 0 Å². The van der Waals surface area contributed by atoms with E-state index in [0.29, 0.717) is 0 Å². The van der Waals surface area contributed by atoms with Gasteiger partial charge < -0.3 is 5.73 Å². The molecule has 0 aromatic rings. The van der Waals surface area contributed by atoms with Gasteiger partial charge in [-0.05, 0) is 0 Å². The summed E-state index contributed by atoms with van der Waals surface area (Å²) in [6.45, 7) is 3.93. The van der Waals surface area contributed by atoms with Gasteiger partial charge in [0.15, 0.2) is 0 Å². The van der Waals surface area contributed by atoms with Crippen LogP contribution in [-0.2, 0) is 0 Å². The van der Waals surface area contributed by atoms with Crippen LogP contribution in [0.1, 0.15) is 20.8 Å². The van der Waals surface area contributed by atoms with Crippen molar-refractivity contribution in [1.82, 2.24) is 0 Å². The lowest BCUT2D eigenvalue weighted by Gasteiger charge is -2.17. The van der Waals surface area contributed by atoms with E-state index in [9.17, 15) is 13.2 Å². The van der Waals surface area contributed by atoms with E-state index >= 15 is 0 Å². The highest BCUT2D eigenvalue weighted by Crippen LogP contribution is 2.17. The van der Waals surface area contributed by atoms with Gasteiger partial charge in [0.05, 0.1) is 5.84 Å². The summed E-state index contributed by atoms with van der Waals surface area (Å²) in [6, 6.07) is 0. The summed E-state index contributed by atoms with van der Waals surface area (Å²) in [5, 5.41) is 0. The lowest BCUT2D eigenvalue weighted by Crippen LogP contribution is -2.30. The molecule has 0 rings (SSSR count). The van der Waals surface area contributed by atoms with E-state index in [1.165, 1.54) is 0 Å². The second kappa shape index (κ2) is 3.33. The van der Waals surface area contributed by atoms with E-state index in [-0.39, 0.29) is 5.84 Å². The first kappa shape index (κ1) is 11.3. The van der Waals surface area contributed by atoms with Crippen LogP contribution in [0.25, 0.3) is 0 Å². The van der Waals surface area contributed by atoms with Gasteiger partial charge >= 0.3 is 6.18 Å². The Bertz CT molecular complexity index is 176. The molecule has 5 heteroatoms. The average molecular weight is 182 g/mol. The molecule has 0 aromatic carbocycles. The molecule has 0 bridgehead atoms. The number of nitrogens with two attached hydrogens (primary N) is 1. The van der Waals surface area contributed by atoms with Gasteiger partial charge in [-0.25, -0.2) is 0 Å². The first-order chi connectivity index (χ1) is 5.13. The van der Waals surface area contributed by atoms with Crippen molar-refractivity contribution < 1.29 is 13.2 Å². The Morgan fingerprint density at radius 1 is 1.25 bits per heavy atom. The van der Waals surface area contributed by atoms with Crippen LogP contribution in [0.2, 0.25) is 0 Å². The molecule has 2 N–H and O–H groups in total. The standard InChI is InChI=1S/C7H13F3N2/c1-6(2,3)5(11)12-4-7(8,9)10/h4H2,1-3H3,(H2,11,12). The molecule has 0 aliphatic rings. The highest BCUT2D eigenvalue weighted by Gasteiger charge is 2.27. The molecule has 0 heterocycles. The smallest absolute Gasteiger partial charge is 0.387 e. The third-order valence-electron chi connectivity index (χ3n) is 1.20. The lowest BCUT2D eigenvalue weighted by atomic mass is 9.95. The van der Waals surface area contributed by atoms with E-state index in [4.69, 9.17) is 5.73 Å². The Labute approximate surface area is 69.7 Å². The number of hydrogen-bond acceptors (Lipinski definition) is 1. The first-order valence-corrected chi connectivity index (χ1v) is 3.50. The van der Waals surface area contributed by atoms with Crippen LogP contribution < -0.4 is 5.73 Å². The second-order valence-electron chi connectivity index (χ2n) is 3.57. The summed E-state index contributed by atoms with van der Waals surface area (Å²) in [5.74, 6) is 0.0276. The van der Waals surface area contributed by atoms with E-state index in [1.807, 2.05) is 0 Å². The van der Waals surface area contributed by atoms with Crippen LogP contribution in [0.4, 0.5) is 13.2 Å². The lowest BCUT2D eigenvalue weighted by molar-refractivity contribution is -0.118. The Balaban J connectivity index is 4.21. The third-order valence-corrected chi connectivity index (χ3v) is 1.20. The number of halogens is 3. The highest BCUT2D eigenvalue weighted by atomic mass is 19.4. The maximum Gasteiger partial charge on any atom is 0.408 e. The van der Waals surface area contributed by atoms with E-state index in [2.05, 4.69) is 4.99 Å². The SMILES string of the molecule is CC(C)(C)C(N)=NCC(F)(F)F. The fourth-order valence-corrected chi connectivity index (χ4v) is 0.412. The van der Waals surface area contributed by atoms with Crippen LogP contribution in [0.15, 0.2) is 4.99 Å². The summed E-state index contributed by atoms with van der Waals surface area (Å²) >= 11 is 0. The van der Waals surface area contributed by atoms with Gasteiger partial charge in [0.2, 0.25) is 0 Å². The molecule has 12 heavy (non-hydrogen) atoms. The number of aliphatic imine (C=N–C) groups is 1. The zero-order chi connectivity index (χ0) is 9.99. The molecular weight excluding hydrogens is 169 g/mol. The maximum absolute atomic E-state index is 11.6. The van der Waals surface area contributed by atoms with Gasteiger partial charge in [-0.3, -0.25) is 4.99 Å². The second-order valence-corrected chi connectivity index (χ2v) is 3.57. The van der Waals surface area contributed by atoms with Gasteiger partial charge in [0.25, 0.3) is 0 Å². The fraction of sp³-hybridized carbons (Fsp3) is 0.857. The van der Waals surface area contributed by atoms with E-state index in [1.54, 1.807) is 20.8 Å². The van der Waals surface area contributed by atoms with Crippen LogP contribution in [0.3, 0.4) is 0 Å². The Morgan fingerprint density at radius 3 is 1.92 bits per heavy atom. The minimum atomic E-state index is -4.27. The molecule has 0 unspecified atom stereocenters. The Hall–Kier alpha value is -0.740. The maximum atomic E-state index is 11.6. The first-order valence-electron chi connectivity index (χ1n) is 3.50. The molecule has 0 saturated carbocycles. The van der Waals surface area contributed by atoms with E-state index in [0.717, 1.165) is 0 Å². The zero-order valence-corrected chi connectivity index (χ0v) is 7.37.